The Morgan fingerprint density at radius 3 is 1.39 bits per heavy atom. The minimum absolute atomic E-state index is 0.0406. The van der Waals surface area contributed by atoms with E-state index < -0.39 is 5.41 Å². The molecule has 472 valence electrons. The van der Waals surface area contributed by atoms with E-state index in [4.69, 9.17) is 6.58 Å². The third-order valence-corrected chi connectivity index (χ3v) is 22.5. The molecule has 5 atom stereocenters. The number of aryl methyl sites for hydroxylation is 1. The standard InChI is InChI=1S/C93H86N3/c1-63-57-78(74-46-27-29-48-76(74)86(63)90(4,59-66-34-15-11-16-35-66)64(2)33-31-50-83-91(5,60-67-36-17-12-18-37-67)87-72-44-25-23-42-70(72)53-55-80(87)94(83)8)65(3)79-58-82-89(77-49-30-28-47-75(77)79)93(7,62-69-40-21-14-22-41-69)85(96(82)10)52-32-51-84-92(6,61-68-38-19-13-20-39-68)88-73-45-26-24-43-71(73)54-56-81(88)95(84)9/h11-58,65H,2,59-62H2,1,3-10H3/q+1/b33-31+,83-50+. The number of rotatable bonds is 16. The van der Waals surface area contributed by atoms with Gasteiger partial charge in [0.1, 0.15) is 7.05 Å². The van der Waals surface area contributed by atoms with Gasteiger partial charge in [0.25, 0.3) is 0 Å². The lowest BCUT2D eigenvalue weighted by Crippen LogP contribution is -2.33. The molecule has 0 saturated heterocycles. The van der Waals surface area contributed by atoms with Crippen LogP contribution in [-0.4, -0.2) is 31.4 Å². The highest BCUT2D eigenvalue weighted by Crippen LogP contribution is 2.55. The average molecular weight is 1250 g/mol. The van der Waals surface area contributed by atoms with Crippen molar-refractivity contribution in [2.24, 2.45) is 0 Å². The Morgan fingerprint density at radius 2 is 0.875 bits per heavy atom. The number of benzene rings is 12. The van der Waals surface area contributed by atoms with E-state index in [1.807, 2.05) is 0 Å². The summed E-state index contributed by atoms with van der Waals surface area (Å²) in [4.78, 5) is 4.87. The molecule has 0 amide bonds. The molecular formula is C93H86N3+. The van der Waals surface area contributed by atoms with Crippen molar-refractivity contribution in [1.82, 2.24) is 0 Å². The van der Waals surface area contributed by atoms with E-state index in [9.17, 15) is 0 Å². The minimum Gasteiger partial charge on any atom is -0.347 e. The second-order valence-electron chi connectivity index (χ2n) is 28.6. The zero-order valence-electron chi connectivity index (χ0n) is 57.2. The molecule has 3 aliphatic rings. The second kappa shape index (κ2) is 24.4. The first-order chi connectivity index (χ1) is 46.6. The number of fused-ring (bicyclic) bond motifs is 10. The molecule has 12 aromatic carbocycles. The summed E-state index contributed by atoms with van der Waals surface area (Å²) in [5.74, 6) is 0.0406. The Morgan fingerprint density at radius 1 is 0.469 bits per heavy atom. The van der Waals surface area contributed by atoms with Crippen molar-refractivity contribution in [2.45, 2.75) is 94.8 Å². The van der Waals surface area contributed by atoms with Crippen molar-refractivity contribution in [2.75, 3.05) is 30.9 Å². The molecule has 0 bridgehead atoms. The SMILES string of the molecule is C=C(/C=C/C=C1/N(C)c2ccc3ccccc3c2C1(C)Cc1ccccc1)C(C)(Cc1ccccc1)c1c(C)cc(C(C)c2cc3c(c4ccccc24)C(C)(Cc2ccccc2)C(/C=C/C=C2/N(C)c4ccc5ccccc5c4C2(C)Cc2ccccc2)=[N+]3C)c2ccccc12. The maximum absolute atomic E-state index is 5.07. The molecule has 0 fully saturated rings. The van der Waals surface area contributed by atoms with Gasteiger partial charge in [-0.05, 0) is 182 Å². The van der Waals surface area contributed by atoms with E-state index in [0.717, 1.165) is 31.3 Å². The number of anilines is 2. The van der Waals surface area contributed by atoms with Crippen LogP contribution in [0.15, 0.2) is 315 Å². The third-order valence-electron chi connectivity index (χ3n) is 22.5. The topological polar surface area (TPSA) is 9.49 Å². The molecule has 3 nitrogen and oxygen atoms in total. The lowest BCUT2D eigenvalue weighted by atomic mass is 9.68. The number of likely N-dealkylation sites (N-methyl/N-ethyl adjacent to an activating group) is 2. The molecule has 0 radical (unpaired) electrons. The fourth-order valence-electron chi connectivity index (χ4n) is 18.0. The predicted molar refractivity (Wildman–Crippen MR) is 409 cm³/mol. The molecule has 3 heterocycles. The summed E-state index contributed by atoms with van der Waals surface area (Å²) >= 11 is 0. The minimum atomic E-state index is -0.482. The Bertz CT molecular complexity index is 5200. The maximum atomic E-state index is 5.07. The van der Waals surface area contributed by atoms with Crippen LogP contribution in [-0.2, 0) is 47.3 Å². The smallest absolute Gasteiger partial charge is 0.210 e. The molecule has 0 spiro atoms. The largest absolute Gasteiger partial charge is 0.347 e. The van der Waals surface area contributed by atoms with Gasteiger partial charge in [-0.3, -0.25) is 0 Å². The molecule has 0 saturated carbocycles. The van der Waals surface area contributed by atoms with Crippen molar-refractivity contribution in [1.29, 1.82) is 0 Å². The van der Waals surface area contributed by atoms with Gasteiger partial charge in [-0.1, -0.05) is 275 Å². The highest BCUT2D eigenvalue weighted by molar-refractivity contribution is 6.09. The van der Waals surface area contributed by atoms with E-state index >= 15 is 0 Å². The van der Waals surface area contributed by atoms with E-state index in [2.05, 4.69) is 368 Å². The Kier molecular flexibility index (Phi) is 15.7. The van der Waals surface area contributed by atoms with Gasteiger partial charge in [0.05, 0.1) is 5.41 Å². The maximum Gasteiger partial charge on any atom is 0.210 e. The summed E-state index contributed by atoms with van der Waals surface area (Å²) < 4.78 is 2.52. The van der Waals surface area contributed by atoms with E-state index in [0.29, 0.717) is 0 Å². The molecule has 0 aromatic heterocycles. The van der Waals surface area contributed by atoms with Crippen LogP contribution >= 0.6 is 0 Å². The zero-order chi connectivity index (χ0) is 66.1. The summed E-state index contributed by atoms with van der Waals surface area (Å²) in [6.07, 6.45) is 17.6. The average Bonchev–Trinajstić information content (AvgIpc) is 1.49. The van der Waals surface area contributed by atoms with Crippen LogP contribution in [0.1, 0.15) is 102 Å². The summed E-state index contributed by atoms with van der Waals surface area (Å²) in [7, 11) is 6.81. The zero-order valence-corrected chi connectivity index (χ0v) is 57.2. The van der Waals surface area contributed by atoms with Crippen molar-refractivity contribution in [3.63, 3.8) is 0 Å². The van der Waals surface area contributed by atoms with Crippen molar-refractivity contribution in [3.05, 3.63) is 376 Å². The predicted octanol–water partition coefficient (Wildman–Crippen LogP) is 22.2. The van der Waals surface area contributed by atoms with Gasteiger partial charge in [-0.15, -0.1) is 0 Å². The molecule has 15 rings (SSSR count). The van der Waals surface area contributed by atoms with Crippen molar-refractivity contribution < 1.29 is 4.58 Å². The number of hydrogen-bond donors (Lipinski definition) is 0. The van der Waals surface area contributed by atoms with Crippen molar-refractivity contribution >= 4 is 65.9 Å². The summed E-state index contributed by atoms with van der Waals surface area (Å²) in [6, 6.07) is 94.8. The van der Waals surface area contributed by atoms with Crippen LogP contribution in [0.4, 0.5) is 17.1 Å². The van der Waals surface area contributed by atoms with Gasteiger partial charge in [-0.25, -0.2) is 0 Å². The molecule has 3 aliphatic heterocycles. The third kappa shape index (κ3) is 10.3. The normalized spacial score (nSPS) is 20.2. The van der Waals surface area contributed by atoms with Crippen LogP contribution in [0.5, 0.6) is 0 Å². The lowest BCUT2D eigenvalue weighted by molar-refractivity contribution is -0.401. The Balaban J connectivity index is 0.831. The van der Waals surface area contributed by atoms with E-state index in [1.165, 1.54) is 138 Å². The van der Waals surface area contributed by atoms with Crippen LogP contribution in [0, 0.1) is 6.92 Å². The summed E-state index contributed by atoms with van der Waals surface area (Å²) in [5.41, 5.74) is 22.0. The highest BCUT2D eigenvalue weighted by Gasteiger charge is 2.50. The second-order valence-corrected chi connectivity index (χ2v) is 28.6. The van der Waals surface area contributed by atoms with Crippen molar-refractivity contribution in [3.8, 4) is 0 Å². The number of allylic oxidation sites excluding steroid dienone is 9. The molecule has 0 N–H and O–H groups in total. The van der Waals surface area contributed by atoms with Crippen LogP contribution in [0.25, 0.3) is 43.1 Å². The molecule has 96 heavy (non-hydrogen) atoms. The first-order valence-electron chi connectivity index (χ1n) is 34.4. The summed E-state index contributed by atoms with van der Waals surface area (Å²) in [6.45, 7) is 19.7. The quantitative estimate of drug-likeness (QED) is 0.0704. The van der Waals surface area contributed by atoms with E-state index in [1.54, 1.807) is 0 Å². The van der Waals surface area contributed by atoms with Crippen LogP contribution in [0.2, 0.25) is 0 Å². The fourth-order valence-corrected chi connectivity index (χ4v) is 18.0. The van der Waals surface area contributed by atoms with Gasteiger partial charge in [0.2, 0.25) is 5.69 Å². The molecule has 12 aromatic rings. The summed E-state index contributed by atoms with van der Waals surface area (Å²) in [5, 5.41) is 10.3. The lowest BCUT2D eigenvalue weighted by Gasteiger charge is -2.35. The molecule has 3 heteroatoms. The molecule has 0 aliphatic carbocycles. The first kappa shape index (κ1) is 61.8. The van der Waals surface area contributed by atoms with Crippen LogP contribution < -0.4 is 9.80 Å². The first-order valence-corrected chi connectivity index (χ1v) is 34.4. The number of hydrogen-bond acceptors (Lipinski definition) is 2. The molecular weight excluding hydrogens is 1160 g/mol. The van der Waals surface area contributed by atoms with Gasteiger partial charge < -0.3 is 9.80 Å². The van der Waals surface area contributed by atoms with Gasteiger partial charge >= 0.3 is 0 Å². The number of nitrogens with zero attached hydrogens (tertiary/aromatic N) is 3. The van der Waals surface area contributed by atoms with Gasteiger partial charge in [-0.2, -0.15) is 4.58 Å². The Hall–Kier alpha value is -10.4. The van der Waals surface area contributed by atoms with Gasteiger partial charge in [0, 0.05) is 76.7 Å². The van der Waals surface area contributed by atoms with E-state index in [-0.39, 0.29) is 22.2 Å². The Labute approximate surface area is 568 Å². The van der Waals surface area contributed by atoms with Gasteiger partial charge in [0.15, 0.2) is 5.71 Å². The van der Waals surface area contributed by atoms with Crippen LogP contribution in [0.3, 0.4) is 0 Å². The monoisotopic (exact) mass is 1240 g/mol. The highest BCUT2D eigenvalue weighted by atomic mass is 15.2. The molecule has 5 unspecified atom stereocenters. The fraction of sp³-hybridized carbons (Fsp3) is 0.194.